The third kappa shape index (κ3) is 6.94. The van der Waals surface area contributed by atoms with E-state index in [4.69, 9.17) is 14.6 Å². The first kappa shape index (κ1) is 19.5. The molecule has 26 heavy (non-hydrogen) atoms. The Morgan fingerprint density at radius 3 is 2.38 bits per heavy atom. The second kappa shape index (κ2) is 10.2. The van der Waals surface area contributed by atoms with Crippen molar-refractivity contribution in [2.75, 3.05) is 25.1 Å². The second-order valence-corrected chi connectivity index (χ2v) is 5.90. The van der Waals surface area contributed by atoms with E-state index in [9.17, 15) is 9.59 Å². The zero-order valence-electron chi connectivity index (χ0n) is 14.7. The molecule has 0 aromatic heterocycles. The first-order valence-electron chi connectivity index (χ1n) is 8.42. The van der Waals surface area contributed by atoms with Gasteiger partial charge in [-0.3, -0.25) is 9.59 Å². The van der Waals surface area contributed by atoms with E-state index < -0.39 is 11.9 Å². The highest BCUT2D eigenvalue weighted by Gasteiger charge is 2.11. The van der Waals surface area contributed by atoms with Crippen LogP contribution in [-0.4, -0.2) is 36.8 Å². The van der Waals surface area contributed by atoms with Crippen molar-refractivity contribution in [1.82, 2.24) is 0 Å². The molecule has 0 heterocycles. The first-order valence-corrected chi connectivity index (χ1v) is 8.42. The van der Waals surface area contributed by atoms with Crippen LogP contribution in [-0.2, 0) is 20.7 Å². The number of benzene rings is 2. The summed E-state index contributed by atoms with van der Waals surface area (Å²) in [5.74, 6) is -0.757. The zero-order chi connectivity index (χ0) is 18.8. The van der Waals surface area contributed by atoms with Gasteiger partial charge in [0.25, 0.3) is 0 Å². The highest BCUT2D eigenvalue weighted by atomic mass is 16.5. The van der Waals surface area contributed by atoms with Gasteiger partial charge in [0.1, 0.15) is 19.0 Å². The van der Waals surface area contributed by atoms with Crippen LogP contribution in [0, 0.1) is 5.92 Å². The number of rotatable bonds is 10. The molecule has 6 heteroatoms. The van der Waals surface area contributed by atoms with E-state index in [1.165, 1.54) is 0 Å². The normalized spacial score (nSPS) is 11.6. The maximum Gasteiger partial charge on any atom is 0.306 e. The summed E-state index contributed by atoms with van der Waals surface area (Å²) in [6, 6.07) is 16.5. The summed E-state index contributed by atoms with van der Waals surface area (Å²) in [5.41, 5.74) is 1.55. The summed E-state index contributed by atoms with van der Waals surface area (Å²) < 4.78 is 10.8. The van der Waals surface area contributed by atoms with Gasteiger partial charge in [0.05, 0.1) is 12.5 Å². The molecule has 1 atom stereocenters. The summed E-state index contributed by atoms with van der Waals surface area (Å²) in [6.45, 7) is 2.29. The molecule has 0 spiro atoms. The van der Waals surface area contributed by atoms with Gasteiger partial charge in [-0.05, 0) is 36.2 Å². The van der Waals surface area contributed by atoms with Crippen molar-refractivity contribution in [3.8, 4) is 5.75 Å². The molecule has 0 fully saturated rings. The average Bonchev–Trinajstić information content (AvgIpc) is 2.64. The van der Waals surface area contributed by atoms with Crippen LogP contribution in [0.15, 0.2) is 54.6 Å². The van der Waals surface area contributed by atoms with Crippen molar-refractivity contribution in [3.63, 3.8) is 0 Å². The lowest BCUT2D eigenvalue weighted by Crippen LogP contribution is -2.20. The van der Waals surface area contributed by atoms with E-state index in [0.29, 0.717) is 25.3 Å². The Bertz CT molecular complexity index is 700. The number of para-hydroxylation sites is 1. The van der Waals surface area contributed by atoms with Crippen LogP contribution in [0.5, 0.6) is 5.75 Å². The van der Waals surface area contributed by atoms with Crippen molar-refractivity contribution in [1.29, 1.82) is 0 Å². The maximum atomic E-state index is 11.8. The molecule has 0 aliphatic rings. The predicted molar refractivity (Wildman–Crippen MR) is 98.3 cm³/mol. The van der Waals surface area contributed by atoms with Gasteiger partial charge in [0, 0.05) is 5.69 Å². The number of hydrogen-bond donors (Lipinski definition) is 2. The van der Waals surface area contributed by atoms with Gasteiger partial charge in [-0.2, -0.15) is 0 Å². The largest absolute Gasteiger partial charge is 0.491 e. The smallest absolute Gasteiger partial charge is 0.306 e. The molecule has 0 saturated heterocycles. The lowest BCUT2D eigenvalue weighted by Gasteiger charge is -2.09. The third-order valence-electron chi connectivity index (χ3n) is 3.67. The Labute approximate surface area is 152 Å². The molecule has 1 amide bonds. The van der Waals surface area contributed by atoms with Crippen molar-refractivity contribution in [2.45, 2.75) is 13.3 Å². The molecule has 2 N–H and O–H groups in total. The van der Waals surface area contributed by atoms with Gasteiger partial charge in [0.15, 0.2) is 0 Å². The lowest BCUT2D eigenvalue weighted by molar-refractivity contribution is -0.141. The van der Waals surface area contributed by atoms with Crippen LogP contribution in [0.4, 0.5) is 5.69 Å². The van der Waals surface area contributed by atoms with Crippen molar-refractivity contribution < 1.29 is 24.2 Å². The number of carbonyl (C=O) groups excluding carboxylic acids is 1. The molecule has 0 radical (unpaired) electrons. The number of hydrogen-bond acceptors (Lipinski definition) is 4. The summed E-state index contributed by atoms with van der Waals surface area (Å²) in [6.07, 6.45) is 0.452. The lowest BCUT2D eigenvalue weighted by atomic mass is 10.0. The van der Waals surface area contributed by atoms with Crippen LogP contribution in [0.2, 0.25) is 0 Å². The Morgan fingerprint density at radius 2 is 1.73 bits per heavy atom. The van der Waals surface area contributed by atoms with E-state index in [1.807, 2.05) is 42.5 Å². The molecule has 0 aliphatic carbocycles. The Balaban J connectivity index is 1.65. The van der Waals surface area contributed by atoms with E-state index >= 15 is 0 Å². The van der Waals surface area contributed by atoms with Gasteiger partial charge >= 0.3 is 5.97 Å². The molecule has 0 saturated carbocycles. The van der Waals surface area contributed by atoms with E-state index in [0.717, 1.165) is 11.3 Å². The van der Waals surface area contributed by atoms with Gasteiger partial charge in [-0.25, -0.2) is 0 Å². The average molecular weight is 357 g/mol. The number of amides is 1. The van der Waals surface area contributed by atoms with Crippen LogP contribution < -0.4 is 10.1 Å². The van der Waals surface area contributed by atoms with E-state index in [-0.39, 0.29) is 12.5 Å². The number of aliphatic carboxylic acids is 1. The van der Waals surface area contributed by atoms with E-state index in [1.54, 1.807) is 19.1 Å². The van der Waals surface area contributed by atoms with Crippen molar-refractivity contribution in [2.24, 2.45) is 5.92 Å². The maximum absolute atomic E-state index is 11.8. The number of ether oxygens (including phenoxy) is 2. The number of anilines is 1. The number of carboxylic acids is 1. The molecule has 0 bridgehead atoms. The topological polar surface area (TPSA) is 84.9 Å². The fourth-order valence-electron chi connectivity index (χ4n) is 2.26. The third-order valence-corrected chi connectivity index (χ3v) is 3.67. The molecular weight excluding hydrogens is 334 g/mol. The van der Waals surface area contributed by atoms with Gasteiger partial charge in [0.2, 0.25) is 5.91 Å². The predicted octanol–water partition coefficient (Wildman–Crippen LogP) is 2.98. The Hall–Kier alpha value is -2.86. The van der Waals surface area contributed by atoms with Crippen molar-refractivity contribution >= 4 is 17.6 Å². The minimum absolute atomic E-state index is 0.0596. The molecular formula is C20H23NO5. The SMILES string of the molecule is CC(Cc1ccc(NC(=O)COCCOc2ccccc2)cc1)C(=O)O. The Morgan fingerprint density at radius 1 is 1.04 bits per heavy atom. The quantitative estimate of drug-likeness (QED) is 0.639. The standard InChI is InChI=1S/C20H23NO5/c1-15(20(23)24)13-16-7-9-17(10-8-16)21-19(22)14-25-11-12-26-18-5-3-2-4-6-18/h2-10,15H,11-14H2,1H3,(H,21,22)(H,23,24). The summed E-state index contributed by atoms with van der Waals surface area (Å²) in [7, 11) is 0. The highest BCUT2D eigenvalue weighted by molar-refractivity contribution is 5.91. The molecule has 1 unspecified atom stereocenters. The van der Waals surface area contributed by atoms with Crippen LogP contribution >= 0.6 is 0 Å². The van der Waals surface area contributed by atoms with Crippen LogP contribution in [0.25, 0.3) is 0 Å². The van der Waals surface area contributed by atoms with E-state index in [2.05, 4.69) is 5.32 Å². The molecule has 2 aromatic rings. The fraction of sp³-hybridized carbons (Fsp3) is 0.300. The van der Waals surface area contributed by atoms with Gasteiger partial charge in [-0.1, -0.05) is 37.3 Å². The highest BCUT2D eigenvalue weighted by Crippen LogP contribution is 2.13. The van der Waals surface area contributed by atoms with Gasteiger partial charge < -0.3 is 19.9 Å². The summed E-state index contributed by atoms with van der Waals surface area (Å²) in [4.78, 5) is 22.7. The number of carbonyl (C=O) groups is 2. The number of nitrogens with one attached hydrogen (secondary N) is 1. The first-order chi connectivity index (χ1) is 12.5. The number of carboxylic acid groups (broad SMARTS) is 1. The molecule has 138 valence electrons. The van der Waals surface area contributed by atoms with Gasteiger partial charge in [-0.15, -0.1) is 0 Å². The fourth-order valence-corrected chi connectivity index (χ4v) is 2.26. The minimum atomic E-state index is -0.823. The summed E-state index contributed by atoms with van der Waals surface area (Å²) in [5, 5.41) is 11.7. The zero-order valence-corrected chi connectivity index (χ0v) is 14.7. The second-order valence-electron chi connectivity index (χ2n) is 5.90. The van der Waals surface area contributed by atoms with Crippen LogP contribution in [0.1, 0.15) is 12.5 Å². The molecule has 6 nitrogen and oxygen atoms in total. The minimum Gasteiger partial charge on any atom is -0.491 e. The van der Waals surface area contributed by atoms with Crippen molar-refractivity contribution in [3.05, 3.63) is 60.2 Å². The molecule has 2 rings (SSSR count). The summed E-state index contributed by atoms with van der Waals surface area (Å²) >= 11 is 0. The molecule has 2 aromatic carbocycles. The Kier molecular flexibility index (Phi) is 7.64. The molecule has 0 aliphatic heterocycles. The van der Waals surface area contributed by atoms with Crippen LogP contribution in [0.3, 0.4) is 0 Å². The monoisotopic (exact) mass is 357 g/mol.